The quantitative estimate of drug-likeness (QED) is 0.779. The van der Waals surface area contributed by atoms with Gasteiger partial charge in [0.2, 0.25) is 0 Å². The summed E-state index contributed by atoms with van der Waals surface area (Å²) >= 11 is 0. The molecular weight excluding hydrogens is 185 g/mol. The second-order valence-electron chi connectivity index (χ2n) is 3.12. The van der Waals surface area contributed by atoms with E-state index in [0.717, 1.165) is 5.56 Å². The summed E-state index contributed by atoms with van der Waals surface area (Å²) in [5, 5.41) is 0. The van der Waals surface area contributed by atoms with Gasteiger partial charge in [-0.25, -0.2) is 4.39 Å². The summed E-state index contributed by atoms with van der Waals surface area (Å²) in [6, 6.07) is 3.38. The Bertz CT molecular complexity index is 324. The van der Waals surface area contributed by atoms with Gasteiger partial charge < -0.3 is 15.2 Å². The molecule has 1 aliphatic rings. The van der Waals surface area contributed by atoms with Crippen molar-refractivity contribution in [2.24, 2.45) is 5.73 Å². The van der Waals surface area contributed by atoms with Crippen LogP contribution in [0.25, 0.3) is 0 Å². The Morgan fingerprint density at radius 1 is 1.29 bits per heavy atom. The molecule has 1 aliphatic heterocycles. The van der Waals surface area contributed by atoms with Crippen LogP contribution >= 0.6 is 0 Å². The Labute approximate surface area is 81.6 Å². The van der Waals surface area contributed by atoms with E-state index >= 15 is 0 Å². The first-order valence-electron chi connectivity index (χ1n) is 4.52. The van der Waals surface area contributed by atoms with Crippen LogP contribution in [0.5, 0.6) is 11.5 Å². The molecule has 0 spiro atoms. The lowest BCUT2D eigenvalue weighted by Gasteiger charge is -2.21. The third-order valence-corrected chi connectivity index (χ3v) is 2.15. The molecule has 0 amide bonds. The Morgan fingerprint density at radius 3 is 2.79 bits per heavy atom. The number of benzene rings is 1. The van der Waals surface area contributed by atoms with Gasteiger partial charge in [0.25, 0.3) is 0 Å². The van der Waals surface area contributed by atoms with Gasteiger partial charge in [0.1, 0.15) is 19.9 Å². The van der Waals surface area contributed by atoms with E-state index in [-0.39, 0.29) is 0 Å². The maximum Gasteiger partial charge on any atom is 0.165 e. The fourth-order valence-corrected chi connectivity index (χ4v) is 1.52. The van der Waals surface area contributed by atoms with Gasteiger partial charge in [-0.1, -0.05) is 0 Å². The number of alkyl halides is 1. The summed E-state index contributed by atoms with van der Waals surface area (Å²) in [5.41, 5.74) is 6.92. The lowest BCUT2D eigenvalue weighted by atomic mass is 10.1. The first-order valence-corrected chi connectivity index (χ1v) is 4.52. The fourth-order valence-electron chi connectivity index (χ4n) is 1.52. The highest BCUT2D eigenvalue weighted by molar-refractivity contribution is 5.50. The van der Waals surface area contributed by atoms with E-state index < -0.39 is 6.67 Å². The molecule has 1 heterocycles. The van der Waals surface area contributed by atoms with E-state index in [1.165, 1.54) is 0 Å². The first kappa shape index (κ1) is 9.27. The van der Waals surface area contributed by atoms with E-state index in [9.17, 15) is 4.39 Å². The highest BCUT2D eigenvalue weighted by atomic mass is 19.1. The standard InChI is InChI=1S/C10H12FNO2/c11-5-7-3-8(6-12)10-9(4-7)13-1-2-14-10/h3-4H,1-2,5-6,12H2. The smallest absolute Gasteiger partial charge is 0.165 e. The number of halogens is 1. The largest absolute Gasteiger partial charge is 0.486 e. The Kier molecular flexibility index (Phi) is 2.54. The first-order chi connectivity index (χ1) is 6.85. The molecule has 3 nitrogen and oxygen atoms in total. The van der Waals surface area contributed by atoms with E-state index in [1.54, 1.807) is 12.1 Å². The second kappa shape index (κ2) is 3.84. The minimum atomic E-state index is -0.510. The van der Waals surface area contributed by atoms with Gasteiger partial charge in [-0.2, -0.15) is 0 Å². The summed E-state index contributed by atoms with van der Waals surface area (Å²) in [6.07, 6.45) is 0. The number of hydrogen-bond donors (Lipinski definition) is 1. The van der Waals surface area contributed by atoms with E-state index in [0.29, 0.717) is 36.8 Å². The normalized spacial score (nSPS) is 14.1. The van der Waals surface area contributed by atoms with Crippen molar-refractivity contribution >= 4 is 0 Å². The molecule has 0 bridgehead atoms. The lowest BCUT2D eigenvalue weighted by Crippen LogP contribution is -2.17. The predicted octanol–water partition coefficient (Wildman–Crippen LogP) is 1.39. The Balaban J connectivity index is 2.47. The summed E-state index contributed by atoms with van der Waals surface area (Å²) in [7, 11) is 0. The van der Waals surface area contributed by atoms with Crippen molar-refractivity contribution in [3.63, 3.8) is 0 Å². The van der Waals surface area contributed by atoms with Crippen LogP contribution in [-0.4, -0.2) is 13.2 Å². The zero-order valence-electron chi connectivity index (χ0n) is 7.75. The fraction of sp³-hybridized carbons (Fsp3) is 0.400. The molecule has 4 heteroatoms. The van der Waals surface area contributed by atoms with Gasteiger partial charge in [-0.3, -0.25) is 0 Å². The average Bonchev–Trinajstić information content (AvgIpc) is 2.27. The van der Waals surface area contributed by atoms with Gasteiger partial charge >= 0.3 is 0 Å². The highest BCUT2D eigenvalue weighted by Gasteiger charge is 2.16. The third-order valence-electron chi connectivity index (χ3n) is 2.15. The molecule has 2 N–H and O–H groups in total. The SMILES string of the molecule is NCc1cc(CF)cc2c1OCCO2. The minimum Gasteiger partial charge on any atom is -0.486 e. The van der Waals surface area contributed by atoms with Gasteiger partial charge in [-0.15, -0.1) is 0 Å². The van der Waals surface area contributed by atoms with E-state index in [1.807, 2.05) is 0 Å². The molecule has 0 saturated heterocycles. The third kappa shape index (κ3) is 1.53. The van der Waals surface area contributed by atoms with Crippen molar-refractivity contribution in [1.82, 2.24) is 0 Å². The Hall–Kier alpha value is -1.29. The van der Waals surface area contributed by atoms with Gasteiger partial charge in [-0.05, 0) is 17.7 Å². The molecule has 0 fully saturated rings. The number of rotatable bonds is 2. The lowest BCUT2D eigenvalue weighted by molar-refractivity contribution is 0.169. The molecule has 0 aliphatic carbocycles. The molecule has 2 rings (SSSR count). The molecular formula is C10H12FNO2. The molecule has 0 unspecified atom stereocenters. The molecule has 0 aromatic heterocycles. The van der Waals surface area contributed by atoms with Crippen molar-refractivity contribution in [2.75, 3.05) is 13.2 Å². The molecule has 0 radical (unpaired) electrons. The predicted molar refractivity (Wildman–Crippen MR) is 50.1 cm³/mol. The van der Waals surface area contributed by atoms with E-state index in [4.69, 9.17) is 15.2 Å². The van der Waals surface area contributed by atoms with Crippen LogP contribution in [0.1, 0.15) is 11.1 Å². The summed E-state index contributed by atoms with van der Waals surface area (Å²) in [6.45, 7) is 0.852. The molecule has 14 heavy (non-hydrogen) atoms. The van der Waals surface area contributed by atoms with Gasteiger partial charge in [0.15, 0.2) is 11.5 Å². The average molecular weight is 197 g/mol. The number of nitrogens with two attached hydrogens (primary N) is 1. The summed E-state index contributed by atoms with van der Waals surface area (Å²) < 4.78 is 23.3. The van der Waals surface area contributed by atoms with Gasteiger partial charge in [0.05, 0.1) is 0 Å². The van der Waals surface area contributed by atoms with Crippen molar-refractivity contribution in [3.05, 3.63) is 23.3 Å². The number of fused-ring (bicyclic) bond motifs is 1. The Morgan fingerprint density at radius 2 is 2.07 bits per heavy atom. The second-order valence-corrected chi connectivity index (χ2v) is 3.12. The van der Waals surface area contributed by atoms with Crippen molar-refractivity contribution < 1.29 is 13.9 Å². The minimum absolute atomic E-state index is 0.333. The molecule has 76 valence electrons. The van der Waals surface area contributed by atoms with E-state index in [2.05, 4.69) is 0 Å². The molecule has 1 aromatic rings. The molecule has 0 atom stereocenters. The monoisotopic (exact) mass is 197 g/mol. The van der Waals surface area contributed by atoms with Crippen molar-refractivity contribution in [1.29, 1.82) is 0 Å². The molecule has 0 saturated carbocycles. The maximum absolute atomic E-state index is 12.5. The zero-order valence-corrected chi connectivity index (χ0v) is 7.75. The van der Waals surface area contributed by atoms with Crippen LogP contribution in [0.15, 0.2) is 12.1 Å². The maximum atomic E-state index is 12.5. The van der Waals surface area contributed by atoms with Crippen LogP contribution in [0.3, 0.4) is 0 Å². The summed E-state index contributed by atoms with van der Waals surface area (Å²) in [5.74, 6) is 1.27. The van der Waals surface area contributed by atoms with Crippen LogP contribution < -0.4 is 15.2 Å². The topological polar surface area (TPSA) is 44.5 Å². The van der Waals surface area contributed by atoms with Crippen molar-refractivity contribution in [3.8, 4) is 11.5 Å². The van der Waals surface area contributed by atoms with Gasteiger partial charge in [0, 0.05) is 12.1 Å². The number of ether oxygens (including phenoxy) is 2. The van der Waals surface area contributed by atoms with Crippen LogP contribution in [0.4, 0.5) is 4.39 Å². The highest BCUT2D eigenvalue weighted by Crippen LogP contribution is 2.35. The van der Waals surface area contributed by atoms with Crippen LogP contribution in [-0.2, 0) is 13.2 Å². The summed E-state index contributed by atoms with van der Waals surface area (Å²) in [4.78, 5) is 0. The molecule has 1 aromatic carbocycles. The van der Waals surface area contributed by atoms with Crippen LogP contribution in [0, 0.1) is 0 Å². The number of hydrogen-bond acceptors (Lipinski definition) is 3. The zero-order chi connectivity index (χ0) is 9.97. The van der Waals surface area contributed by atoms with Crippen LogP contribution in [0.2, 0.25) is 0 Å². The van der Waals surface area contributed by atoms with Crippen molar-refractivity contribution in [2.45, 2.75) is 13.2 Å².